The summed E-state index contributed by atoms with van der Waals surface area (Å²) in [6, 6.07) is 9.50. The molecule has 2 heterocycles. The first-order valence-corrected chi connectivity index (χ1v) is 6.97. The molecule has 1 saturated heterocycles. The maximum Gasteiger partial charge on any atom is 0.241 e. The van der Waals surface area contributed by atoms with Gasteiger partial charge in [0.1, 0.15) is 0 Å². The normalized spacial score (nSPS) is 18.7. The van der Waals surface area contributed by atoms with E-state index >= 15 is 0 Å². The van der Waals surface area contributed by atoms with Crippen LogP contribution in [0.5, 0.6) is 0 Å². The molecule has 0 bridgehead atoms. The van der Waals surface area contributed by atoms with Gasteiger partial charge in [-0.15, -0.1) is 0 Å². The lowest BCUT2D eigenvalue weighted by atomic mass is 10.0. The average Bonchev–Trinajstić information content (AvgIpc) is 3.03. The third kappa shape index (κ3) is 2.88. The van der Waals surface area contributed by atoms with Crippen LogP contribution in [0.4, 0.5) is 5.69 Å². The Morgan fingerprint density at radius 1 is 1.35 bits per heavy atom. The molecule has 1 aliphatic heterocycles. The van der Waals surface area contributed by atoms with Crippen LogP contribution < -0.4 is 10.6 Å². The minimum atomic E-state index is -0.0721. The van der Waals surface area contributed by atoms with Gasteiger partial charge in [0.2, 0.25) is 5.91 Å². The predicted molar refractivity (Wildman–Crippen MR) is 77.8 cm³/mol. The van der Waals surface area contributed by atoms with Crippen molar-refractivity contribution in [1.82, 2.24) is 15.1 Å². The Kier molecular flexibility index (Phi) is 3.78. The van der Waals surface area contributed by atoms with E-state index in [0.717, 1.165) is 37.2 Å². The second kappa shape index (κ2) is 5.88. The summed E-state index contributed by atoms with van der Waals surface area (Å²) in [5, 5.41) is 10.4. The number of anilines is 1. The number of amides is 1. The zero-order valence-electron chi connectivity index (χ0n) is 11.2. The van der Waals surface area contributed by atoms with Crippen molar-refractivity contribution in [3.05, 3.63) is 42.7 Å². The lowest BCUT2D eigenvalue weighted by Crippen LogP contribution is -2.43. The number of hydrogen-bond acceptors (Lipinski definition) is 3. The average molecular weight is 270 g/mol. The lowest BCUT2D eigenvalue weighted by molar-refractivity contribution is -0.118. The number of carbonyl (C=O) groups excluding carboxylic acids is 1. The Morgan fingerprint density at radius 3 is 3.05 bits per heavy atom. The fourth-order valence-electron chi connectivity index (χ4n) is 2.45. The standard InChI is InChI=1S/C15H18N4O/c20-15(14-7-1-2-8-16-14)18-12-5-3-6-13(11-12)19-10-4-9-17-19/h3-6,9-11,14,16H,1-2,7-8H2,(H,18,20)/t14-/m1/s1. The van der Waals surface area contributed by atoms with E-state index in [9.17, 15) is 4.79 Å². The van der Waals surface area contributed by atoms with Gasteiger partial charge in [-0.1, -0.05) is 12.5 Å². The first kappa shape index (κ1) is 12.9. The smallest absolute Gasteiger partial charge is 0.241 e. The van der Waals surface area contributed by atoms with Crippen LogP contribution in [0.3, 0.4) is 0 Å². The van der Waals surface area contributed by atoms with E-state index < -0.39 is 0 Å². The van der Waals surface area contributed by atoms with E-state index in [1.54, 1.807) is 10.9 Å². The first-order valence-electron chi connectivity index (χ1n) is 6.97. The van der Waals surface area contributed by atoms with Crippen molar-refractivity contribution in [3.63, 3.8) is 0 Å². The van der Waals surface area contributed by atoms with Gasteiger partial charge in [-0.25, -0.2) is 4.68 Å². The number of rotatable bonds is 3. The fraction of sp³-hybridized carbons (Fsp3) is 0.333. The van der Waals surface area contributed by atoms with E-state index in [-0.39, 0.29) is 11.9 Å². The number of nitrogens with zero attached hydrogens (tertiary/aromatic N) is 2. The van der Waals surface area contributed by atoms with E-state index in [1.165, 1.54) is 0 Å². The number of aromatic nitrogens is 2. The molecule has 2 aromatic rings. The minimum Gasteiger partial charge on any atom is -0.325 e. The molecule has 0 spiro atoms. The van der Waals surface area contributed by atoms with E-state index in [2.05, 4.69) is 15.7 Å². The topological polar surface area (TPSA) is 59.0 Å². The Labute approximate surface area is 118 Å². The van der Waals surface area contributed by atoms with Crippen molar-refractivity contribution >= 4 is 11.6 Å². The summed E-state index contributed by atoms with van der Waals surface area (Å²) >= 11 is 0. The summed E-state index contributed by atoms with van der Waals surface area (Å²) in [6.07, 6.45) is 6.78. The van der Waals surface area contributed by atoms with Gasteiger partial charge in [-0.3, -0.25) is 4.79 Å². The second-order valence-electron chi connectivity index (χ2n) is 4.99. The molecule has 1 aromatic heterocycles. The predicted octanol–water partition coefficient (Wildman–Crippen LogP) is 1.95. The summed E-state index contributed by atoms with van der Waals surface area (Å²) in [4.78, 5) is 12.2. The molecule has 1 fully saturated rings. The molecule has 20 heavy (non-hydrogen) atoms. The van der Waals surface area contributed by atoms with Crippen molar-refractivity contribution < 1.29 is 4.79 Å². The molecule has 1 aliphatic rings. The Bertz CT molecular complexity index is 573. The molecule has 0 unspecified atom stereocenters. The maximum atomic E-state index is 12.2. The van der Waals surface area contributed by atoms with E-state index in [1.807, 2.05) is 36.5 Å². The summed E-state index contributed by atoms with van der Waals surface area (Å²) in [7, 11) is 0. The minimum absolute atomic E-state index is 0.0438. The van der Waals surface area contributed by atoms with Gasteiger partial charge in [0.25, 0.3) is 0 Å². The molecule has 0 aliphatic carbocycles. The summed E-state index contributed by atoms with van der Waals surface area (Å²) in [5.74, 6) is 0.0438. The molecule has 5 heteroatoms. The van der Waals surface area contributed by atoms with Crippen molar-refractivity contribution in [2.24, 2.45) is 0 Å². The Balaban J connectivity index is 1.71. The summed E-state index contributed by atoms with van der Waals surface area (Å²) in [5.41, 5.74) is 1.74. The fourth-order valence-corrected chi connectivity index (χ4v) is 2.45. The molecular weight excluding hydrogens is 252 g/mol. The van der Waals surface area contributed by atoms with Gasteiger partial charge < -0.3 is 10.6 Å². The zero-order chi connectivity index (χ0) is 13.8. The van der Waals surface area contributed by atoms with Crippen molar-refractivity contribution in [3.8, 4) is 5.69 Å². The van der Waals surface area contributed by atoms with Crippen LogP contribution in [0, 0.1) is 0 Å². The Hall–Kier alpha value is -2.14. The zero-order valence-corrected chi connectivity index (χ0v) is 11.2. The van der Waals surface area contributed by atoms with Crippen LogP contribution in [0.15, 0.2) is 42.7 Å². The highest BCUT2D eigenvalue weighted by atomic mass is 16.2. The van der Waals surface area contributed by atoms with Gasteiger partial charge in [-0.2, -0.15) is 5.10 Å². The van der Waals surface area contributed by atoms with Crippen LogP contribution in [-0.4, -0.2) is 28.3 Å². The molecule has 0 radical (unpaired) electrons. The van der Waals surface area contributed by atoms with E-state index in [0.29, 0.717) is 0 Å². The van der Waals surface area contributed by atoms with Gasteiger partial charge >= 0.3 is 0 Å². The third-order valence-electron chi connectivity index (χ3n) is 3.51. The maximum absolute atomic E-state index is 12.2. The molecule has 2 N–H and O–H groups in total. The number of hydrogen-bond donors (Lipinski definition) is 2. The summed E-state index contributed by atoms with van der Waals surface area (Å²) < 4.78 is 1.77. The highest BCUT2D eigenvalue weighted by Crippen LogP contribution is 2.15. The number of piperidine rings is 1. The lowest BCUT2D eigenvalue weighted by Gasteiger charge is -2.22. The van der Waals surface area contributed by atoms with Gasteiger partial charge in [-0.05, 0) is 43.7 Å². The summed E-state index contributed by atoms with van der Waals surface area (Å²) in [6.45, 7) is 0.922. The van der Waals surface area contributed by atoms with E-state index in [4.69, 9.17) is 0 Å². The molecule has 3 rings (SSSR count). The highest BCUT2D eigenvalue weighted by molar-refractivity contribution is 5.95. The second-order valence-corrected chi connectivity index (χ2v) is 4.99. The molecule has 0 saturated carbocycles. The van der Waals surface area contributed by atoms with Gasteiger partial charge in [0.15, 0.2) is 0 Å². The molecule has 104 valence electrons. The van der Waals surface area contributed by atoms with Gasteiger partial charge in [0.05, 0.1) is 11.7 Å². The quantitative estimate of drug-likeness (QED) is 0.896. The largest absolute Gasteiger partial charge is 0.325 e. The monoisotopic (exact) mass is 270 g/mol. The van der Waals surface area contributed by atoms with Crippen LogP contribution >= 0.6 is 0 Å². The van der Waals surface area contributed by atoms with Crippen molar-refractivity contribution in [2.75, 3.05) is 11.9 Å². The highest BCUT2D eigenvalue weighted by Gasteiger charge is 2.20. The SMILES string of the molecule is O=C(Nc1cccc(-n2cccn2)c1)[C@H]1CCCCN1. The van der Waals surface area contributed by atoms with Crippen molar-refractivity contribution in [1.29, 1.82) is 0 Å². The van der Waals surface area contributed by atoms with Crippen molar-refractivity contribution in [2.45, 2.75) is 25.3 Å². The van der Waals surface area contributed by atoms with Crippen LogP contribution in [0.2, 0.25) is 0 Å². The van der Waals surface area contributed by atoms with Crippen LogP contribution in [-0.2, 0) is 4.79 Å². The molecule has 1 aromatic carbocycles. The molecular formula is C15H18N4O. The molecule has 1 amide bonds. The number of nitrogens with one attached hydrogen (secondary N) is 2. The Morgan fingerprint density at radius 2 is 2.30 bits per heavy atom. The first-order chi connectivity index (χ1) is 9.83. The third-order valence-corrected chi connectivity index (χ3v) is 3.51. The number of benzene rings is 1. The van der Waals surface area contributed by atoms with Crippen LogP contribution in [0.1, 0.15) is 19.3 Å². The van der Waals surface area contributed by atoms with Gasteiger partial charge in [0, 0.05) is 18.1 Å². The van der Waals surface area contributed by atoms with Crippen LogP contribution in [0.25, 0.3) is 5.69 Å². The molecule has 1 atom stereocenters. The number of carbonyl (C=O) groups is 1. The molecule has 5 nitrogen and oxygen atoms in total.